The lowest BCUT2D eigenvalue weighted by atomic mass is 9.87. The number of amides is 2. The lowest BCUT2D eigenvalue weighted by Crippen LogP contribution is -2.53. The van der Waals surface area contributed by atoms with E-state index >= 15 is 0 Å². The molecule has 0 spiro atoms. The molecule has 2 aliphatic heterocycles. The largest absolute Gasteiger partial charge is 0.381 e. The summed E-state index contributed by atoms with van der Waals surface area (Å²) in [5.74, 6) is -0.704. The van der Waals surface area contributed by atoms with Gasteiger partial charge in [0.05, 0.1) is 0 Å². The molecule has 3 aliphatic rings. The standard InChI is InChI=1S/C23H38N4O4S/c1-3-18-15-32-23(27(18)4-2)26-25-22(30)20(28)19(16-11-13-31-14-12-16)24-21(29)17-9-7-5-6-8-10-17/h16-19H,3-15H2,1-2H3,(H,24,29)(H,25,30)/b26-23-/t18-,19?/m1/s1. The summed E-state index contributed by atoms with van der Waals surface area (Å²) in [6, 6.07) is -0.429. The molecule has 2 saturated heterocycles. The predicted molar refractivity (Wildman–Crippen MR) is 126 cm³/mol. The SMILES string of the molecule is CC[C@@H]1CS/C(=N\NC(=O)C(=O)C(NC(=O)C2CCCCCC2)C2CCOCC2)N1CC. The first-order valence-electron chi connectivity index (χ1n) is 12.2. The molecule has 3 rings (SSSR count). The normalized spacial score (nSPS) is 25.4. The number of hydrogen-bond donors (Lipinski definition) is 2. The van der Waals surface area contributed by atoms with Gasteiger partial charge in [-0.1, -0.05) is 44.4 Å². The number of hydrogen-bond acceptors (Lipinski definition) is 6. The van der Waals surface area contributed by atoms with Crippen molar-refractivity contribution in [1.29, 1.82) is 0 Å². The van der Waals surface area contributed by atoms with E-state index in [4.69, 9.17) is 4.74 Å². The number of ketones is 1. The van der Waals surface area contributed by atoms with E-state index in [1.54, 1.807) is 11.8 Å². The Morgan fingerprint density at radius 3 is 2.41 bits per heavy atom. The van der Waals surface area contributed by atoms with Crippen LogP contribution in [0.15, 0.2) is 5.10 Å². The van der Waals surface area contributed by atoms with Crippen molar-refractivity contribution in [2.75, 3.05) is 25.5 Å². The second kappa shape index (κ2) is 12.6. The first-order chi connectivity index (χ1) is 15.5. The lowest BCUT2D eigenvalue weighted by Gasteiger charge is -2.30. The number of thioether (sulfide) groups is 1. The van der Waals surface area contributed by atoms with E-state index < -0.39 is 17.7 Å². The molecule has 32 heavy (non-hydrogen) atoms. The predicted octanol–water partition coefficient (Wildman–Crippen LogP) is 2.67. The summed E-state index contributed by atoms with van der Waals surface area (Å²) >= 11 is 1.59. The fourth-order valence-corrected chi connectivity index (χ4v) is 6.19. The molecular weight excluding hydrogens is 428 g/mol. The number of carbonyl (C=O) groups is 3. The molecule has 2 atom stereocenters. The smallest absolute Gasteiger partial charge is 0.309 e. The van der Waals surface area contributed by atoms with Gasteiger partial charge in [-0.2, -0.15) is 0 Å². The number of Topliss-reactive ketones (excluding diaryl/α,β-unsaturated/α-hetero) is 1. The maximum Gasteiger partial charge on any atom is 0.309 e. The molecule has 2 heterocycles. The zero-order valence-corrected chi connectivity index (χ0v) is 20.3. The molecule has 1 unspecified atom stereocenters. The quantitative estimate of drug-likeness (QED) is 0.324. The maximum absolute atomic E-state index is 13.1. The molecule has 0 aromatic heterocycles. The molecule has 0 bridgehead atoms. The topological polar surface area (TPSA) is 100 Å². The summed E-state index contributed by atoms with van der Waals surface area (Å²) in [5, 5.41) is 7.95. The highest BCUT2D eigenvalue weighted by atomic mass is 32.2. The first kappa shape index (κ1) is 25.0. The average Bonchev–Trinajstić information content (AvgIpc) is 3.02. The summed E-state index contributed by atoms with van der Waals surface area (Å²) in [5.41, 5.74) is 2.47. The molecule has 2 N–H and O–H groups in total. The Hall–Kier alpha value is -1.61. The van der Waals surface area contributed by atoms with Gasteiger partial charge in [-0.25, -0.2) is 5.43 Å². The van der Waals surface area contributed by atoms with Crippen LogP contribution in [0.3, 0.4) is 0 Å². The van der Waals surface area contributed by atoms with Crippen LogP contribution in [0.5, 0.6) is 0 Å². The van der Waals surface area contributed by atoms with Gasteiger partial charge in [0.25, 0.3) is 0 Å². The zero-order chi connectivity index (χ0) is 22.9. The molecule has 1 aliphatic carbocycles. The van der Waals surface area contributed by atoms with Crippen LogP contribution in [0, 0.1) is 11.8 Å². The van der Waals surface area contributed by atoms with Crippen molar-refractivity contribution < 1.29 is 19.1 Å². The Bertz CT molecular complexity index is 687. The Morgan fingerprint density at radius 2 is 1.78 bits per heavy atom. The summed E-state index contributed by atoms with van der Waals surface area (Å²) in [6.45, 7) is 6.07. The minimum absolute atomic E-state index is 0.0741. The summed E-state index contributed by atoms with van der Waals surface area (Å²) in [4.78, 5) is 41.0. The van der Waals surface area contributed by atoms with E-state index in [2.05, 4.69) is 34.6 Å². The maximum atomic E-state index is 13.1. The Labute approximate surface area is 195 Å². The van der Waals surface area contributed by atoms with Crippen LogP contribution in [-0.4, -0.2) is 65.3 Å². The highest BCUT2D eigenvalue weighted by molar-refractivity contribution is 8.14. The number of nitrogens with zero attached hydrogens (tertiary/aromatic N) is 2. The molecule has 8 nitrogen and oxygen atoms in total. The van der Waals surface area contributed by atoms with Gasteiger partial charge in [-0.05, 0) is 44.9 Å². The molecule has 3 fully saturated rings. The number of amidine groups is 1. The monoisotopic (exact) mass is 466 g/mol. The third-order valence-electron chi connectivity index (χ3n) is 6.92. The lowest BCUT2D eigenvalue weighted by molar-refractivity contribution is -0.142. The molecule has 9 heteroatoms. The van der Waals surface area contributed by atoms with Crippen molar-refractivity contribution in [3.63, 3.8) is 0 Å². The number of rotatable bonds is 8. The van der Waals surface area contributed by atoms with Crippen LogP contribution in [0.25, 0.3) is 0 Å². The van der Waals surface area contributed by atoms with E-state index in [1.807, 2.05) is 0 Å². The van der Waals surface area contributed by atoms with Gasteiger partial charge in [-0.15, -0.1) is 5.10 Å². The minimum Gasteiger partial charge on any atom is -0.381 e. The van der Waals surface area contributed by atoms with Gasteiger partial charge in [-0.3, -0.25) is 14.4 Å². The van der Waals surface area contributed by atoms with Crippen LogP contribution in [-0.2, 0) is 19.1 Å². The highest BCUT2D eigenvalue weighted by Crippen LogP contribution is 2.26. The van der Waals surface area contributed by atoms with Crippen molar-refractivity contribution in [2.24, 2.45) is 16.9 Å². The van der Waals surface area contributed by atoms with Crippen LogP contribution in [0.2, 0.25) is 0 Å². The Morgan fingerprint density at radius 1 is 1.09 bits per heavy atom. The molecule has 0 radical (unpaired) electrons. The second-order valence-electron chi connectivity index (χ2n) is 8.98. The van der Waals surface area contributed by atoms with Crippen molar-refractivity contribution in [1.82, 2.24) is 15.6 Å². The molecule has 0 aromatic rings. The van der Waals surface area contributed by atoms with Crippen LogP contribution >= 0.6 is 11.8 Å². The molecule has 180 valence electrons. The first-order valence-corrected chi connectivity index (χ1v) is 13.2. The fourth-order valence-electron chi connectivity index (χ4n) is 4.88. The third-order valence-corrected chi connectivity index (χ3v) is 8.06. The fraction of sp³-hybridized carbons (Fsp3) is 0.826. The van der Waals surface area contributed by atoms with Crippen molar-refractivity contribution in [2.45, 2.75) is 83.7 Å². The van der Waals surface area contributed by atoms with Crippen molar-refractivity contribution in [3.05, 3.63) is 0 Å². The Kier molecular flexibility index (Phi) is 9.84. The van der Waals surface area contributed by atoms with Gasteiger partial charge in [0.15, 0.2) is 5.17 Å². The van der Waals surface area contributed by atoms with Gasteiger partial charge >= 0.3 is 5.91 Å². The highest BCUT2D eigenvalue weighted by Gasteiger charge is 2.36. The summed E-state index contributed by atoms with van der Waals surface area (Å²) < 4.78 is 5.43. The number of hydrazone groups is 1. The average molecular weight is 467 g/mol. The van der Waals surface area contributed by atoms with Gasteiger partial charge in [0.2, 0.25) is 11.7 Å². The van der Waals surface area contributed by atoms with Gasteiger partial charge in [0, 0.05) is 37.5 Å². The minimum atomic E-state index is -0.822. The zero-order valence-electron chi connectivity index (χ0n) is 19.4. The van der Waals surface area contributed by atoms with Crippen LogP contribution in [0.4, 0.5) is 0 Å². The summed E-state index contributed by atoms with van der Waals surface area (Å²) in [6.07, 6.45) is 8.40. The van der Waals surface area contributed by atoms with E-state index in [0.29, 0.717) is 32.1 Å². The van der Waals surface area contributed by atoms with Crippen LogP contribution in [0.1, 0.15) is 71.6 Å². The number of carbonyl (C=O) groups excluding carboxylic acids is 3. The number of ether oxygens (including phenoxy) is 1. The van der Waals surface area contributed by atoms with Crippen LogP contribution < -0.4 is 10.7 Å². The van der Waals surface area contributed by atoms with Gasteiger partial charge < -0.3 is 15.0 Å². The van der Waals surface area contributed by atoms with Crippen molar-refractivity contribution >= 4 is 34.5 Å². The molecular formula is C23H38N4O4S. The second-order valence-corrected chi connectivity index (χ2v) is 9.97. The number of nitrogens with one attached hydrogen (secondary N) is 2. The molecule has 0 aromatic carbocycles. The third kappa shape index (κ3) is 6.47. The molecule has 1 saturated carbocycles. The van der Waals surface area contributed by atoms with E-state index in [-0.39, 0.29) is 17.7 Å². The Balaban J connectivity index is 1.66. The van der Waals surface area contributed by atoms with E-state index in [0.717, 1.165) is 62.4 Å². The van der Waals surface area contributed by atoms with E-state index in [9.17, 15) is 14.4 Å². The van der Waals surface area contributed by atoms with E-state index in [1.165, 1.54) is 0 Å². The van der Waals surface area contributed by atoms with Crippen molar-refractivity contribution in [3.8, 4) is 0 Å². The van der Waals surface area contributed by atoms with Gasteiger partial charge in [0.1, 0.15) is 6.04 Å². The summed E-state index contributed by atoms with van der Waals surface area (Å²) in [7, 11) is 0. The molecule has 2 amide bonds.